The number of carboxylic acids is 1. The fraction of sp³-hybridized carbons (Fsp3) is 0.500. The third kappa shape index (κ3) is 6.66. The smallest absolute Gasteiger partial charge is 0.308 e. The van der Waals surface area contributed by atoms with Crippen LogP contribution in [-0.2, 0) is 9.59 Å². The Bertz CT molecular complexity index is 999. The molecule has 2 heterocycles. The van der Waals surface area contributed by atoms with E-state index >= 15 is 0 Å². The van der Waals surface area contributed by atoms with Gasteiger partial charge in [0.25, 0.3) is 0 Å². The van der Waals surface area contributed by atoms with Crippen LogP contribution in [0.2, 0.25) is 0 Å². The van der Waals surface area contributed by atoms with E-state index in [1.54, 1.807) is 11.8 Å². The first-order valence-electron chi connectivity index (χ1n) is 13.2. The molecule has 2 aliphatic rings. The van der Waals surface area contributed by atoms with Gasteiger partial charge in [-0.15, -0.1) is 11.8 Å². The van der Waals surface area contributed by atoms with E-state index in [2.05, 4.69) is 46.7 Å². The number of amides is 1. The minimum atomic E-state index is -0.861. The van der Waals surface area contributed by atoms with Gasteiger partial charge < -0.3 is 25.5 Å². The van der Waals surface area contributed by atoms with E-state index in [1.807, 2.05) is 29.2 Å². The summed E-state index contributed by atoms with van der Waals surface area (Å²) in [5, 5.41) is 16.3. The molecule has 7 nitrogen and oxygen atoms in total. The number of carboxylic acid groups (broad SMARTS) is 1. The molecular weight excluding hydrogens is 472 g/mol. The van der Waals surface area contributed by atoms with Gasteiger partial charge in [-0.05, 0) is 74.3 Å². The van der Waals surface area contributed by atoms with Crippen molar-refractivity contribution in [2.24, 2.45) is 0 Å². The number of nitrogens with zero attached hydrogens (tertiary/aromatic N) is 2. The monoisotopic (exact) mass is 510 g/mol. The number of hydrogen-bond donors (Lipinski definition) is 3. The minimum absolute atomic E-state index is 0.0521. The highest BCUT2D eigenvalue weighted by Crippen LogP contribution is 2.42. The summed E-state index contributed by atoms with van der Waals surface area (Å²) in [6.07, 6.45) is 6.89. The van der Waals surface area contributed by atoms with Crippen LogP contribution in [0, 0.1) is 0 Å². The number of unbranched alkanes of at least 4 members (excludes halogenated alkanes) is 1. The zero-order valence-electron chi connectivity index (χ0n) is 21.2. The lowest BCUT2D eigenvalue weighted by Gasteiger charge is -2.30. The zero-order valence-corrected chi connectivity index (χ0v) is 22.0. The normalized spacial score (nSPS) is 16.1. The summed E-state index contributed by atoms with van der Waals surface area (Å²) < 4.78 is 0. The highest BCUT2D eigenvalue weighted by atomic mass is 32.2. The third-order valence-electron chi connectivity index (χ3n) is 6.80. The maximum atomic E-state index is 13.1. The van der Waals surface area contributed by atoms with E-state index in [0.29, 0.717) is 18.7 Å². The van der Waals surface area contributed by atoms with Crippen LogP contribution in [0.15, 0.2) is 48.5 Å². The topological polar surface area (TPSA) is 84.9 Å². The first-order valence-corrected chi connectivity index (χ1v) is 14.1. The van der Waals surface area contributed by atoms with Crippen molar-refractivity contribution in [1.82, 2.24) is 0 Å². The first kappa shape index (κ1) is 26.2. The van der Waals surface area contributed by atoms with Crippen LogP contribution in [0.3, 0.4) is 0 Å². The molecule has 3 N–H and O–H groups in total. The molecule has 0 aromatic heterocycles. The molecule has 2 aliphatic heterocycles. The second-order valence-corrected chi connectivity index (χ2v) is 11.0. The van der Waals surface area contributed by atoms with Gasteiger partial charge in [-0.25, -0.2) is 0 Å². The Morgan fingerprint density at radius 3 is 2.28 bits per heavy atom. The van der Waals surface area contributed by atoms with E-state index < -0.39 is 11.0 Å². The summed E-state index contributed by atoms with van der Waals surface area (Å²) in [4.78, 5) is 28.3. The quantitative estimate of drug-likeness (QED) is 0.303. The molecular formula is C28H38N4O3S. The molecule has 0 bridgehead atoms. The number of carbonyl (C=O) groups excluding carboxylic acids is 1. The molecule has 0 unspecified atom stereocenters. The van der Waals surface area contributed by atoms with E-state index in [-0.39, 0.29) is 12.3 Å². The summed E-state index contributed by atoms with van der Waals surface area (Å²) in [5.41, 5.74) is 3.99. The summed E-state index contributed by atoms with van der Waals surface area (Å²) in [6, 6.07) is 16.2. The summed E-state index contributed by atoms with van der Waals surface area (Å²) in [5.74, 6) is 0.00263. The maximum Gasteiger partial charge on any atom is 0.308 e. The first-order chi connectivity index (χ1) is 17.5. The van der Waals surface area contributed by atoms with Gasteiger partial charge in [-0.2, -0.15) is 0 Å². The van der Waals surface area contributed by atoms with Gasteiger partial charge in [-0.1, -0.05) is 25.5 Å². The standard InChI is InChI=1S/C28H38N4O3S/c1-2-3-12-26(33)32(23-15-13-22(14-16-23)31-17-7-4-8-18-31)19-9-20-36-28(21-27(34)35)29-24-10-5-6-11-25(24)30-28/h5-6,10-11,13-16,29-30H,2-4,7-9,12,17-21H2,1H3,(H,34,35). The van der Waals surface area contributed by atoms with Gasteiger partial charge in [0.1, 0.15) is 0 Å². The van der Waals surface area contributed by atoms with Gasteiger partial charge in [-0.3, -0.25) is 9.59 Å². The Morgan fingerprint density at radius 2 is 1.67 bits per heavy atom. The van der Waals surface area contributed by atoms with Gasteiger partial charge in [0, 0.05) is 37.4 Å². The van der Waals surface area contributed by atoms with Crippen LogP contribution >= 0.6 is 11.8 Å². The van der Waals surface area contributed by atoms with Crippen molar-refractivity contribution in [1.29, 1.82) is 0 Å². The van der Waals surface area contributed by atoms with Crippen molar-refractivity contribution >= 4 is 46.4 Å². The lowest BCUT2D eigenvalue weighted by molar-refractivity contribution is -0.137. The number of hydrogen-bond acceptors (Lipinski definition) is 6. The molecule has 0 spiro atoms. The van der Waals surface area contributed by atoms with E-state index in [1.165, 1.54) is 24.9 Å². The maximum absolute atomic E-state index is 13.1. The highest BCUT2D eigenvalue weighted by Gasteiger charge is 2.38. The Hall–Kier alpha value is -2.87. The van der Waals surface area contributed by atoms with Crippen molar-refractivity contribution in [3.05, 3.63) is 48.5 Å². The number of carbonyl (C=O) groups is 2. The predicted octanol–water partition coefficient (Wildman–Crippen LogP) is 5.99. The molecule has 4 rings (SSSR count). The molecule has 0 atom stereocenters. The molecule has 0 aliphatic carbocycles. The number of fused-ring (bicyclic) bond motifs is 1. The lowest BCUT2D eigenvalue weighted by Crippen LogP contribution is -2.41. The molecule has 0 saturated carbocycles. The van der Waals surface area contributed by atoms with E-state index in [9.17, 15) is 14.7 Å². The molecule has 1 saturated heterocycles. The third-order valence-corrected chi connectivity index (χ3v) is 8.14. The minimum Gasteiger partial charge on any atom is -0.481 e. The van der Waals surface area contributed by atoms with E-state index in [0.717, 1.165) is 49.4 Å². The summed E-state index contributed by atoms with van der Waals surface area (Å²) in [6.45, 7) is 4.90. The van der Waals surface area contributed by atoms with Crippen LogP contribution in [0.1, 0.15) is 58.3 Å². The predicted molar refractivity (Wildman–Crippen MR) is 150 cm³/mol. The number of para-hydroxylation sites is 2. The molecule has 194 valence electrons. The second-order valence-electron chi connectivity index (χ2n) is 9.61. The van der Waals surface area contributed by atoms with Crippen LogP contribution in [0.5, 0.6) is 0 Å². The largest absolute Gasteiger partial charge is 0.481 e. The lowest BCUT2D eigenvalue weighted by atomic mass is 10.1. The van der Waals surface area contributed by atoms with Crippen LogP contribution in [-0.4, -0.2) is 47.4 Å². The zero-order chi connectivity index (χ0) is 25.4. The van der Waals surface area contributed by atoms with Crippen LogP contribution in [0.25, 0.3) is 0 Å². The molecule has 36 heavy (non-hydrogen) atoms. The number of anilines is 4. The Morgan fingerprint density at radius 1 is 1.00 bits per heavy atom. The fourth-order valence-corrected chi connectivity index (χ4v) is 6.13. The number of rotatable bonds is 12. The Balaban J connectivity index is 1.39. The van der Waals surface area contributed by atoms with Crippen molar-refractivity contribution in [3.8, 4) is 0 Å². The molecule has 2 aromatic rings. The number of aliphatic carboxylic acids is 1. The van der Waals surface area contributed by atoms with Crippen LogP contribution < -0.4 is 20.4 Å². The van der Waals surface area contributed by atoms with Crippen molar-refractivity contribution < 1.29 is 14.7 Å². The van der Waals surface area contributed by atoms with Gasteiger partial charge in [0.15, 0.2) is 4.99 Å². The summed E-state index contributed by atoms with van der Waals surface area (Å²) >= 11 is 1.56. The molecule has 8 heteroatoms. The highest BCUT2D eigenvalue weighted by molar-refractivity contribution is 8.00. The van der Waals surface area contributed by atoms with Gasteiger partial charge in [0.2, 0.25) is 5.91 Å². The number of benzene rings is 2. The van der Waals surface area contributed by atoms with Crippen molar-refractivity contribution in [2.75, 3.05) is 45.8 Å². The van der Waals surface area contributed by atoms with Gasteiger partial charge in [0.05, 0.1) is 17.8 Å². The average molecular weight is 511 g/mol. The SMILES string of the molecule is CCCCC(=O)N(CCCSC1(CC(=O)O)Nc2ccccc2N1)c1ccc(N2CCCCC2)cc1. The van der Waals surface area contributed by atoms with Crippen molar-refractivity contribution in [2.45, 2.75) is 63.3 Å². The van der Waals surface area contributed by atoms with E-state index in [4.69, 9.17) is 0 Å². The average Bonchev–Trinajstić information content (AvgIpc) is 3.25. The Kier molecular flexibility index (Phi) is 9.02. The van der Waals surface area contributed by atoms with Gasteiger partial charge >= 0.3 is 5.97 Å². The molecule has 2 aromatic carbocycles. The number of nitrogens with one attached hydrogen (secondary N) is 2. The fourth-order valence-electron chi connectivity index (χ4n) is 4.92. The number of piperidine rings is 1. The number of thioether (sulfide) groups is 1. The molecule has 1 amide bonds. The van der Waals surface area contributed by atoms with Crippen LogP contribution in [0.4, 0.5) is 22.7 Å². The second kappa shape index (κ2) is 12.4. The molecule has 1 fully saturated rings. The molecule has 0 radical (unpaired) electrons. The summed E-state index contributed by atoms with van der Waals surface area (Å²) in [7, 11) is 0. The van der Waals surface area contributed by atoms with Crippen molar-refractivity contribution in [3.63, 3.8) is 0 Å². The Labute approximate surface area is 218 Å².